The standard InChI is InChI=1S/C46H61NO6P2/c1-14-15-16-53-46(48)47-26-41(55(39-21-32(6)44(51-12)33(7)22-39)40-23-34(8)45(52-13)35(9)24-40)25-36(47)27-54(37-17-28(2)42(49-10)29(3)18-37)38-19-30(4)43(50-11)31(5)20-38/h17-24,36,41H,14-16,25-27H2,1-13H3. The Balaban J connectivity index is 1.67. The van der Waals surface area contributed by atoms with Gasteiger partial charge in [-0.2, -0.15) is 0 Å². The molecule has 296 valence electrons. The molecule has 4 aromatic carbocycles. The fourth-order valence-corrected chi connectivity index (χ4v) is 14.7. The van der Waals surface area contributed by atoms with Crippen molar-refractivity contribution in [2.45, 2.75) is 93.3 Å². The number of hydrogen-bond acceptors (Lipinski definition) is 6. The van der Waals surface area contributed by atoms with Gasteiger partial charge in [-0.05, 0) is 204 Å². The number of carbonyl (C=O) groups is 1. The maximum atomic E-state index is 14.2. The van der Waals surface area contributed by atoms with Crippen LogP contribution in [0.25, 0.3) is 0 Å². The Labute approximate surface area is 332 Å². The first-order chi connectivity index (χ1) is 26.3. The Bertz CT molecular complexity index is 1800. The molecule has 1 fully saturated rings. The van der Waals surface area contributed by atoms with Gasteiger partial charge >= 0.3 is 6.09 Å². The zero-order chi connectivity index (χ0) is 40.1. The maximum Gasteiger partial charge on any atom is 0.410 e. The van der Waals surface area contributed by atoms with Crippen LogP contribution in [0.5, 0.6) is 23.0 Å². The quantitative estimate of drug-likeness (QED) is 0.0939. The van der Waals surface area contributed by atoms with Crippen LogP contribution in [0.2, 0.25) is 0 Å². The predicted molar refractivity (Wildman–Crippen MR) is 232 cm³/mol. The van der Waals surface area contributed by atoms with E-state index in [0.717, 1.165) is 92.9 Å². The minimum Gasteiger partial charge on any atom is -0.496 e. The average Bonchev–Trinajstić information content (AvgIpc) is 3.53. The third-order valence-electron chi connectivity index (χ3n) is 10.9. The van der Waals surface area contributed by atoms with Gasteiger partial charge in [-0.15, -0.1) is 0 Å². The number of benzene rings is 4. The Morgan fingerprint density at radius 2 is 0.945 bits per heavy atom. The Hall–Kier alpha value is -3.79. The lowest BCUT2D eigenvalue weighted by Gasteiger charge is -2.29. The molecule has 1 aliphatic rings. The minimum absolute atomic E-state index is 0.0263. The van der Waals surface area contributed by atoms with Crippen LogP contribution in [-0.4, -0.2) is 70.4 Å². The number of unbranched alkanes of at least 4 members (excludes halogenated alkanes) is 1. The smallest absolute Gasteiger partial charge is 0.410 e. The molecule has 0 spiro atoms. The van der Waals surface area contributed by atoms with Gasteiger partial charge in [0.15, 0.2) is 0 Å². The summed E-state index contributed by atoms with van der Waals surface area (Å²) in [5.41, 5.74) is 9.16. The summed E-state index contributed by atoms with van der Waals surface area (Å²) in [4.78, 5) is 16.3. The molecule has 9 heteroatoms. The van der Waals surface area contributed by atoms with Crippen molar-refractivity contribution in [2.24, 2.45) is 0 Å². The molecule has 1 heterocycles. The van der Waals surface area contributed by atoms with Gasteiger partial charge < -0.3 is 28.6 Å². The molecule has 0 bridgehead atoms. The molecule has 1 amide bonds. The molecule has 1 aliphatic heterocycles. The summed E-state index contributed by atoms with van der Waals surface area (Å²) < 4.78 is 29.3. The van der Waals surface area contributed by atoms with Gasteiger partial charge in [0.25, 0.3) is 0 Å². The number of rotatable bonds is 14. The number of hydrogen-bond donors (Lipinski definition) is 0. The molecular weight excluding hydrogens is 724 g/mol. The lowest BCUT2D eigenvalue weighted by atomic mass is 10.1. The van der Waals surface area contributed by atoms with Crippen molar-refractivity contribution in [2.75, 3.05) is 47.8 Å². The fourth-order valence-electron chi connectivity index (χ4n) is 8.59. The Kier molecular flexibility index (Phi) is 14.2. The van der Waals surface area contributed by atoms with Crippen molar-refractivity contribution in [3.8, 4) is 23.0 Å². The van der Waals surface area contributed by atoms with Crippen LogP contribution in [-0.2, 0) is 4.74 Å². The first kappa shape index (κ1) is 42.4. The number of nitrogens with zero attached hydrogens (tertiary/aromatic N) is 1. The van der Waals surface area contributed by atoms with Crippen LogP contribution in [0.4, 0.5) is 4.79 Å². The lowest BCUT2D eigenvalue weighted by Crippen LogP contribution is -2.39. The summed E-state index contributed by atoms with van der Waals surface area (Å²) in [6.07, 6.45) is 3.28. The van der Waals surface area contributed by atoms with Crippen molar-refractivity contribution < 1.29 is 28.5 Å². The van der Waals surface area contributed by atoms with E-state index < -0.39 is 15.8 Å². The van der Waals surface area contributed by atoms with Gasteiger partial charge in [0, 0.05) is 18.2 Å². The molecule has 2 unspecified atom stereocenters. The second kappa shape index (κ2) is 18.4. The van der Waals surface area contributed by atoms with E-state index in [2.05, 4.69) is 116 Å². The number of amides is 1. The van der Waals surface area contributed by atoms with Gasteiger partial charge in [0.1, 0.15) is 23.0 Å². The van der Waals surface area contributed by atoms with Crippen molar-refractivity contribution in [3.05, 3.63) is 93.0 Å². The van der Waals surface area contributed by atoms with E-state index in [1.165, 1.54) is 21.2 Å². The molecule has 1 saturated heterocycles. The third kappa shape index (κ3) is 9.11. The number of aryl methyl sites for hydroxylation is 8. The van der Waals surface area contributed by atoms with Crippen molar-refractivity contribution in [1.82, 2.24) is 4.90 Å². The number of carbonyl (C=O) groups excluding carboxylic acids is 1. The number of ether oxygens (including phenoxy) is 5. The van der Waals surface area contributed by atoms with Crippen molar-refractivity contribution in [1.29, 1.82) is 0 Å². The van der Waals surface area contributed by atoms with Gasteiger partial charge in [-0.1, -0.05) is 13.3 Å². The molecule has 0 saturated carbocycles. The van der Waals surface area contributed by atoms with Crippen LogP contribution in [0, 0.1) is 55.4 Å². The largest absolute Gasteiger partial charge is 0.496 e. The van der Waals surface area contributed by atoms with E-state index in [-0.39, 0.29) is 17.8 Å². The van der Waals surface area contributed by atoms with Crippen molar-refractivity contribution in [3.63, 3.8) is 0 Å². The third-order valence-corrected chi connectivity index (χ3v) is 16.2. The normalized spacial score (nSPS) is 15.5. The Morgan fingerprint density at radius 1 is 0.600 bits per heavy atom. The number of likely N-dealkylation sites (tertiary alicyclic amines) is 1. The zero-order valence-electron chi connectivity index (χ0n) is 35.3. The van der Waals surface area contributed by atoms with Gasteiger partial charge in [-0.25, -0.2) is 4.79 Å². The highest BCUT2D eigenvalue weighted by Crippen LogP contribution is 2.50. The lowest BCUT2D eigenvalue weighted by molar-refractivity contribution is 0.0998. The second-order valence-corrected chi connectivity index (χ2v) is 19.9. The molecule has 7 nitrogen and oxygen atoms in total. The van der Waals surface area contributed by atoms with E-state index in [1.807, 2.05) is 0 Å². The first-order valence-electron chi connectivity index (χ1n) is 19.4. The van der Waals surface area contributed by atoms with E-state index in [1.54, 1.807) is 28.4 Å². The topological polar surface area (TPSA) is 66.5 Å². The van der Waals surface area contributed by atoms with Crippen molar-refractivity contribution >= 4 is 43.2 Å². The molecule has 4 aromatic rings. The summed E-state index contributed by atoms with van der Waals surface area (Å²) in [6, 6.07) is 18.4. The van der Waals surface area contributed by atoms with Crippen LogP contribution in [0.3, 0.4) is 0 Å². The highest BCUT2D eigenvalue weighted by atomic mass is 31.1. The summed E-state index contributed by atoms with van der Waals surface area (Å²) in [7, 11) is 5.17. The molecule has 0 aliphatic carbocycles. The Morgan fingerprint density at radius 3 is 1.27 bits per heavy atom. The van der Waals surface area contributed by atoms with Crippen LogP contribution in [0.15, 0.2) is 48.5 Å². The summed E-state index contributed by atoms with van der Waals surface area (Å²) in [5, 5.41) is 5.15. The van der Waals surface area contributed by atoms with Gasteiger partial charge in [-0.3, -0.25) is 0 Å². The molecule has 5 rings (SSSR count). The maximum absolute atomic E-state index is 14.2. The first-order valence-corrected chi connectivity index (χ1v) is 22.3. The second-order valence-electron chi connectivity index (χ2n) is 15.1. The number of methoxy groups -OCH3 is 4. The van der Waals surface area contributed by atoms with Gasteiger partial charge in [0.2, 0.25) is 0 Å². The fraction of sp³-hybridized carbons (Fsp3) is 0.457. The SMILES string of the molecule is CCCCOC(=O)N1CC(P(c2cc(C)c(OC)c(C)c2)c2cc(C)c(OC)c(C)c2)CC1CP(c1cc(C)c(OC)c(C)c1)c1cc(C)c(OC)c(C)c1. The molecule has 2 atom stereocenters. The zero-order valence-corrected chi connectivity index (χ0v) is 37.1. The van der Waals surface area contributed by atoms with Crippen LogP contribution >= 0.6 is 15.8 Å². The summed E-state index contributed by atoms with van der Waals surface area (Å²) in [5.74, 6) is 3.69. The molecule has 0 aromatic heterocycles. The van der Waals surface area contributed by atoms with Crippen LogP contribution in [0.1, 0.15) is 70.7 Å². The molecule has 0 radical (unpaired) electrons. The highest BCUT2D eigenvalue weighted by Gasteiger charge is 2.42. The van der Waals surface area contributed by atoms with Crippen LogP contribution < -0.4 is 40.2 Å². The van der Waals surface area contributed by atoms with Gasteiger partial charge in [0.05, 0.1) is 35.0 Å². The molecule has 0 N–H and O–H groups in total. The van der Waals surface area contributed by atoms with E-state index in [9.17, 15) is 4.79 Å². The average molecular weight is 786 g/mol. The molecular formula is C46H61NO6P2. The molecule has 55 heavy (non-hydrogen) atoms. The predicted octanol–water partition coefficient (Wildman–Crippen LogP) is 9.13. The van der Waals surface area contributed by atoms with E-state index in [4.69, 9.17) is 23.7 Å². The van der Waals surface area contributed by atoms with E-state index >= 15 is 0 Å². The summed E-state index contributed by atoms with van der Waals surface area (Å²) in [6.45, 7) is 20.2. The minimum atomic E-state index is -0.899. The highest BCUT2D eigenvalue weighted by molar-refractivity contribution is 7.74. The summed E-state index contributed by atoms with van der Waals surface area (Å²) >= 11 is 0. The monoisotopic (exact) mass is 785 g/mol. The van der Waals surface area contributed by atoms with E-state index in [0.29, 0.717) is 13.2 Å².